The minimum Gasteiger partial charge on any atom is -0.465 e. The summed E-state index contributed by atoms with van der Waals surface area (Å²) in [6.07, 6.45) is 14.0. The molecule has 10 nitrogen and oxygen atoms in total. The Morgan fingerprint density at radius 1 is 1.18 bits per heavy atom. The van der Waals surface area contributed by atoms with Crippen molar-refractivity contribution in [2.45, 2.75) is 89.8 Å². The van der Waals surface area contributed by atoms with Gasteiger partial charge in [-0.25, -0.2) is 0 Å². The van der Waals surface area contributed by atoms with E-state index in [1.807, 2.05) is 6.08 Å². The first-order valence-corrected chi connectivity index (χ1v) is 15.0. The molecule has 39 heavy (non-hydrogen) atoms. The van der Waals surface area contributed by atoms with Crippen molar-refractivity contribution in [2.75, 3.05) is 19.7 Å². The van der Waals surface area contributed by atoms with Crippen LogP contribution in [0.3, 0.4) is 0 Å². The molecule has 11 heteroatoms. The highest BCUT2D eigenvalue weighted by Gasteiger charge is 2.38. The average Bonchev–Trinajstić information content (AvgIpc) is 3.64. The molecule has 2 heterocycles. The number of nitrogens with zero attached hydrogens (tertiary/aromatic N) is 2. The molecule has 0 bridgehead atoms. The Morgan fingerprint density at radius 2 is 1.95 bits per heavy atom. The van der Waals surface area contributed by atoms with Gasteiger partial charge in [0.2, 0.25) is 11.8 Å². The fourth-order valence-corrected chi connectivity index (χ4v) is 6.00. The topological polar surface area (TPSA) is 146 Å². The molecule has 0 radical (unpaired) electrons. The van der Waals surface area contributed by atoms with E-state index in [2.05, 4.69) is 22.7 Å². The van der Waals surface area contributed by atoms with Gasteiger partial charge in [0.25, 0.3) is 0 Å². The third-order valence-corrected chi connectivity index (χ3v) is 8.44. The molecule has 216 valence electrons. The number of oxime groups is 1. The molecule has 0 spiro atoms. The van der Waals surface area contributed by atoms with Gasteiger partial charge in [-0.05, 0) is 37.3 Å². The van der Waals surface area contributed by atoms with E-state index < -0.39 is 12.1 Å². The Balaban J connectivity index is 1.55. The third kappa shape index (κ3) is 9.35. The summed E-state index contributed by atoms with van der Waals surface area (Å²) < 4.78 is 5.39. The minimum absolute atomic E-state index is 0.0187. The number of amidine groups is 1. The normalized spacial score (nSPS) is 18.7. The van der Waals surface area contributed by atoms with Crippen molar-refractivity contribution in [1.82, 2.24) is 15.5 Å². The maximum absolute atomic E-state index is 13.8. The summed E-state index contributed by atoms with van der Waals surface area (Å²) >= 11 is 1.32. The molecule has 0 aromatic carbocycles. The summed E-state index contributed by atoms with van der Waals surface area (Å²) in [5.74, 6) is -0.661. The Hall–Kier alpha value is -2.92. The van der Waals surface area contributed by atoms with Gasteiger partial charge in [-0.15, -0.1) is 11.3 Å². The smallest absolute Gasteiger partial charge is 0.319 e. The third-order valence-electron chi connectivity index (χ3n) is 7.33. The summed E-state index contributed by atoms with van der Waals surface area (Å²) in [6.45, 7) is 3.15. The molecule has 1 fully saturated rings. The van der Waals surface area contributed by atoms with Crippen molar-refractivity contribution < 1.29 is 24.3 Å². The molecule has 2 amide bonds. The van der Waals surface area contributed by atoms with Crippen LogP contribution in [0.4, 0.5) is 0 Å². The van der Waals surface area contributed by atoms with E-state index in [0.717, 1.165) is 56.2 Å². The monoisotopic (exact) mass is 561 g/mol. The average molecular weight is 562 g/mol. The first kappa shape index (κ1) is 30.6. The molecule has 3 rings (SSSR count). The predicted octanol–water partition coefficient (Wildman–Crippen LogP) is 3.28. The predicted molar refractivity (Wildman–Crippen MR) is 151 cm³/mol. The van der Waals surface area contributed by atoms with Gasteiger partial charge in [0.15, 0.2) is 5.84 Å². The molecule has 1 unspecified atom stereocenters. The highest BCUT2D eigenvalue weighted by atomic mass is 32.1. The van der Waals surface area contributed by atoms with Gasteiger partial charge in [0.1, 0.15) is 6.04 Å². The Morgan fingerprint density at radius 3 is 2.69 bits per heavy atom. The maximum atomic E-state index is 13.8. The second-order valence-corrected chi connectivity index (χ2v) is 11.4. The summed E-state index contributed by atoms with van der Waals surface area (Å²) in [5, 5.41) is 17.9. The van der Waals surface area contributed by atoms with Gasteiger partial charge in [0.05, 0.1) is 30.6 Å². The Bertz CT molecular complexity index is 1000. The first-order chi connectivity index (χ1) is 18.9. The van der Waals surface area contributed by atoms with Gasteiger partial charge in [-0.1, -0.05) is 69.2 Å². The Kier molecular flexibility index (Phi) is 12.8. The molecule has 0 saturated heterocycles. The first-order valence-electron chi connectivity index (χ1n) is 14.1. The number of thiophene rings is 1. The van der Waals surface area contributed by atoms with Gasteiger partial charge in [0, 0.05) is 11.4 Å². The van der Waals surface area contributed by atoms with Gasteiger partial charge >= 0.3 is 5.97 Å². The number of nitrogens with one attached hydrogen (secondary N) is 2. The van der Waals surface area contributed by atoms with E-state index in [0.29, 0.717) is 18.0 Å². The highest BCUT2D eigenvalue weighted by Crippen LogP contribution is 2.28. The number of unbranched alkanes of at least 4 members (excludes halogenated alkanes) is 4. The van der Waals surface area contributed by atoms with Gasteiger partial charge in [-0.3, -0.25) is 19.7 Å². The summed E-state index contributed by atoms with van der Waals surface area (Å²) in [4.78, 5) is 42.3. The number of ether oxygens (including phenoxy) is 1. The quantitative estimate of drug-likeness (QED) is 0.0489. The van der Waals surface area contributed by atoms with Crippen LogP contribution in [0.1, 0.15) is 80.9 Å². The number of rotatable bonds is 15. The van der Waals surface area contributed by atoms with E-state index in [4.69, 9.17) is 15.7 Å². The van der Waals surface area contributed by atoms with E-state index in [9.17, 15) is 14.4 Å². The van der Waals surface area contributed by atoms with Crippen LogP contribution in [0.25, 0.3) is 0 Å². The second kappa shape index (κ2) is 16.2. The SMILES string of the molecule is CCCCCCCOC(=O)CN[C@H](C(=O)N1CC=CC1C(=O)NCc1ccc(/C(N)=N/O)s1)C1CCCCC1. The van der Waals surface area contributed by atoms with Gasteiger partial charge in [-0.2, -0.15) is 0 Å². The lowest BCUT2D eigenvalue weighted by Gasteiger charge is -2.34. The van der Waals surface area contributed by atoms with Crippen LogP contribution in [0.15, 0.2) is 29.4 Å². The van der Waals surface area contributed by atoms with Crippen molar-refractivity contribution in [3.63, 3.8) is 0 Å². The second-order valence-electron chi connectivity index (χ2n) is 10.2. The number of carbonyl (C=O) groups is 3. The summed E-state index contributed by atoms with van der Waals surface area (Å²) in [5.41, 5.74) is 5.63. The van der Waals surface area contributed by atoms with Crippen LogP contribution < -0.4 is 16.4 Å². The molecule has 1 saturated carbocycles. The molecule has 1 aromatic heterocycles. The molecule has 5 N–H and O–H groups in total. The fraction of sp³-hybridized carbons (Fsp3) is 0.643. The molecule has 1 aromatic rings. The molecule has 1 aliphatic carbocycles. The lowest BCUT2D eigenvalue weighted by molar-refractivity contribution is -0.144. The van der Waals surface area contributed by atoms with Crippen molar-refractivity contribution in [2.24, 2.45) is 16.8 Å². The van der Waals surface area contributed by atoms with Crippen LogP contribution >= 0.6 is 11.3 Å². The molecular weight excluding hydrogens is 518 g/mol. The van der Waals surface area contributed by atoms with E-state index >= 15 is 0 Å². The van der Waals surface area contributed by atoms with E-state index in [1.54, 1.807) is 23.1 Å². The largest absolute Gasteiger partial charge is 0.465 e. The van der Waals surface area contributed by atoms with Crippen LogP contribution in [-0.4, -0.2) is 65.5 Å². The van der Waals surface area contributed by atoms with Crippen molar-refractivity contribution >= 4 is 35.0 Å². The van der Waals surface area contributed by atoms with Crippen molar-refractivity contribution in [1.29, 1.82) is 0 Å². The number of hydrogen-bond donors (Lipinski definition) is 4. The molecule has 2 aliphatic rings. The summed E-state index contributed by atoms with van der Waals surface area (Å²) in [6, 6.07) is 2.27. The number of esters is 1. The Labute approximate surface area is 235 Å². The number of carbonyl (C=O) groups excluding carboxylic acids is 3. The molecule has 2 atom stereocenters. The van der Waals surface area contributed by atoms with E-state index in [-0.39, 0.29) is 42.6 Å². The lowest BCUT2D eigenvalue weighted by Crippen LogP contribution is -2.56. The number of nitrogens with two attached hydrogens (primary N) is 1. The van der Waals surface area contributed by atoms with Crippen LogP contribution in [0.5, 0.6) is 0 Å². The van der Waals surface area contributed by atoms with Crippen LogP contribution in [-0.2, 0) is 25.7 Å². The standard InChI is InChI=1S/C28H43N5O5S/c1-2-3-4-5-9-17-38-24(34)19-30-25(20-11-7-6-8-12-20)28(36)33-16-10-13-22(33)27(35)31-18-21-14-15-23(39-21)26(29)32-37/h10,13-15,20,22,25,30,37H,2-9,11-12,16-19H2,1H3,(H2,29,32)(H,31,35)/t22?,25-/m0/s1. The highest BCUT2D eigenvalue weighted by molar-refractivity contribution is 7.14. The van der Waals surface area contributed by atoms with Crippen LogP contribution in [0, 0.1) is 5.92 Å². The molecular formula is C28H43N5O5S. The number of amides is 2. The zero-order chi connectivity index (χ0) is 28.0. The number of hydrogen-bond acceptors (Lipinski definition) is 8. The lowest BCUT2D eigenvalue weighted by atomic mass is 9.83. The summed E-state index contributed by atoms with van der Waals surface area (Å²) in [7, 11) is 0. The fourth-order valence-electron chi connectivity index (χ4n) is 5.15. The maximum Gasteiger partial charge on any atom is 0.319 e. The zero-order valence-electron chi connectivity index (χ0n) is 22.9. The minimum atomic E-state index is -0.719. The van der Waals surface area contributed by atoms with Crippen molar-refractivity contribution in [3.8, 4) is 0 Å². The van der Waals surface area contributed by atoms with Crippen molar-refractivity contribution in [3.05, 3.63) is 34.0 Å². The van der Waals surface area contributed by atoms with Gasteiger partial charge < -0.3 is 25.9 Å². The van der Waals surface area contributed by atoms with Crippen LogP contribution in [0.2, 0.25) is 0 Å². The van der Waals surface area contributed by atoms with E-state index in [1.165, 1.54) is 24.2 Å². The molecule has 1 aliphatic heterocycles. The zero-order valence-corrected chi connectivity index (χ0v) is 23.7.